The quantitative estimate of drug-likeness (QED) is 0.745. The molecule has 2 aliphatic heterocycles. The third-order valence-electron chi connectivity index (χ3n) is 6.71. The summed E-state index contributed by atoms with van der Waals surface area (Å²) < 4.78 is 5.48. The Morgan fingerprint density at radius 3 is 2.73 bits per heavy atom. The van der Waals surface area contributed by atoms with Gasteiger partial charge in [-0.2, -0.15) is 0 Å². The Morgan fingerprint density at radius 1 is 1.23 bits per heavy atom. The molecule has 0 aromatic heterocycles. The molecule has 2 fully saturated rings. The summed E-state index contributed by atoms with van der Waals surface area (Å²) in [7, 11) is 1.63. The number of anilines is 1. The highest BCUT2D eigenvalue weighted by atomic mass is 32.2. The first-order valence-electron chi connectivity index (χ1n) is 10.6. The zero-order chi connectivity index (χ0) is 20.9. The van der Waals surface area contributed by atoms with Crippen LogP contribution in [-0.2, 0) is 21.0 Å². The maximum Gasteiger partial charge on any atom is 0.268 e. The van der Waals surface area contributed by atoms with Crippen molar-refractivity contribution in [2.45, 2.75) is 37.6 Å². The zero-order valence-corrected chi connectivity index (χ0v) is 18.2. The van der Waals surface area contributed by atoms with E-state index in [2.05, 4.69) is 19.1 Å². The lowest BCUT2D eigenvalue weighted by Gasteiger charge is -2.37. The number of carbonyl (C=O) groups excluding carboxylic acids is 2. The van der Waals surface area contributed by atoms with Crippen molar-refractivity contribution in [2.75, 3.05) is 24.3 Å². The van der Waals surface area contributed by atoms with Gasteiger partial charge in [0.1, 0.15) is 5.75 Å². The predicted molar refractivity (Wildman–Crippen MR) is 119 cm³/mol. The van der Waals surface area contributed by atoms with Crippen molar-refractivity contribution in [3.8, 4) is 5.75 Å². The topological polar surface area (TPSA) is 49.9 Å². The predicted octanol–water partition coefficient (Wildman–Crippen LogP) is 4.08. The number of nitrogens with zero attached hydrogens (tertiary/aromatic N) is 2. The Balaban J connectivity index is 1.61. The molecule has 0 radical (unpaired) electrons. The number of benzene rings is 2. The van der Waals surface area contributed by atoms with E-state index in [1.165, 1.54) is 0 Å². The molecule has 2 heterocycles. The van der Waals surface area contributed by atoms with Crippen molar-refractivity contribution >= 4 is 29.3 Å². The lowest BCUT2D eigenvalue weighted by atomic mass is 9.84. The molecular formula is C24H26N2O3S. The van der Waals surface area contributed by atoms with E-state index in [1.54, 1.807) is 18.9 Å². The van der Waals surface area contributed by atoms with Gasteiger partial charge in [-0.3, -0.25) is 9.59 Å². The van der Waals surface area contributed by atoms with Crippen LogP contribution in [0, 0.1) is 12.8 Å². The van der Waals surface area contributed by atoms with E-state index in [-0.39, 0.29) is 17.7 Å². The summed E-state index contributed by atoms with van der Waals surface area (Å²) in [5.74, 6) is 1.66. The molecule has 5 nitrogen and oxygen atoms in total. The number of ether oxygens (including phenoxy) is 1. The number of hydrogen-bond donors (Lipinski definition) is 0. The van der Waals surface area contributed by atoms with Crippen LogP contribution in [0.2, 0.25) is 0 Å². The molecule has 1 saturated heterocycles. The molecule has 5 rings (SSSR count). The Labute approximate surface area is 181 Å². The molecule has 3 aliphatic rings. The highest BCUT2D eigenvalue weighted by molar-refractivity contribution is 8.01. The van der Waals surface area contributed by atoms with Gasteiger partial charge in [0, 0.05) is 23.8 Å². The van der Waals surface area contributed by atoms with Gasteiger partial charge < -0.3 is 14.5 Å². The van der Waals surface area contributed by atoms with Gasteiger partial charge >= 0.3 is 0 Å². The molecule has 1 aliphatic carbocycles. The van der Waals surface area contributed by atoms with Gasteiger partial charge in [-0.1, -0.05) is 30.7 Å². The fraction of sp³-hybridized carbons (Fsp3) is 0.417. The van der Waals surface area contributed by atoms with Crippen LogP contribution in [0.25, 0.3) is 0 Å². The maximum atomic E-state index is 14.0. The molecule has 1 spiro atoms. The summed E-state index contributed by atoms with van der Waals surface area (Å²) in [5.41, 5.74) is 4.03. The van der Waals surface area contributed by atoms with Gasteiger partial charge in [0.25, 0.3) is 5.91 Å². The van der Waals surface area contributed by atoms with Crippen molar-refractivity contribution in [3.05, 3.63) is 59.2 Å². The third-order valence-corrected chi connectivity index (χ3v) is 8.13. The fourth-order valence-corrected chi connectivity index (χ4v) is 6.19. The lowest BCUT2D eigenvalue weighted by Crippen LogP contribution is -2.52. The van der Waals surface area contributed by atoms with E-state index in [0.717, 1.165) is 47.4 Å². The van der Waals surface area contributed by atoms with E-state index in [4.69, 9.17) is 4.74 Å². The van der Waals surface area contributed by atoms with Crippen molar-refractivity contribution in [1.82, 2.24) is 4.90 Å². The smallest absolute Gasteiger partial charge is 0.268 e. The minimum absolute atomic E-state index is 0.0100. The number of amides is 2. The summed E-state index contributed by atoms with van der Waals surface area (Å²) in [6.07, 6.45) is 2.96. The monoisotopic (exact) mass is 422 g/mol. The zero-order valence-electron chi connectivity index (χ0n) is 17.4. The van der Waals surface area contributed by atoms with Gasteiger partial charge in [0.05, 0.1) is 19.3 Å². The van der Waals surface area contributed by atoms with Crippen molar-refractivity contribution in [2.24, 2.45) is 5.92 Å². The standard InChI is InChI=1S/C24H26N2O3S/c1-16-6-3-4-7-18(16)15-25-21-11-10-19(29-2)14-20(21)24(23(25)28)26(12-13-30-24)22(27)17-8-5-9-17/h3-4,6-7,10-11,14,17H,5,8-9,12-13,15H2,1-2H3. The molecule has 0 bridgehead atoms. The summed E-state index contributed by atoms with van der Waals surface area (Å²) in [4.78, 5) is 30.1. The van der Waals surface area contributed by atoms with Crippen LogP contribution in [0.3, 0.4) is 0 Å². The Hall–Kier alpha value is -2.47. The summed E-state index contributed by atoms with van der Waals surface area (Å²) in [5, 5.41) is 0. The number of thioether (sulfide) groups is 1. The Bertz CT molecular complexity index is 1020. The molecule has 2 aromatic carbocycles. The maximum absolute atomic E-state index is 14.0. The molecule has 2 amide bonds. The first-order valence-corrected chi connectivity index (χ1v) is 11.6. The van der Waals surface area contributed by atoms with E-state index in [0.29, 0.717) is 18.8 Å². The van der Waals surface area contributed by atoms with Crippen LogP contribution in [0.5, 0.6) is 5.75 Å². The largest absolute Gasteiger partial charge is 0.497 e. The third kappa shape index (κ3) is 2.77. The second kappa shape index (κ2) is 7.34. The van der Waals surface area contributed by atoms with Crippen molar-refractivity contribution < 1.29 is 14.3 Å². The fourth-order valence-electron chi connectivity index (χ4n) is 4.73. The molecule has 1 unspecified atom stereocenters. The van der Waals surface area contributed by atoms with Crippen LogP contribution < -0.4 is 9.64 Å². The number of fused-ring (bicyclic) bond motifs is 2. The van der Waals surface area contributed by atoms with Crippen LogP contribution in [0.4, 0.5) is 5.69 Å². The molecule has 2 aromatic rings. The van der Waals surface area contributed by atoms with Gasteiger partial charge in [-0.05, 0) is 49.1 Å². The number of aryl methyl sites for hydroxylation is 1. The molecule has 6 heteroatoms. The van der Waals surface area contributed by atoms with Crippen LogP contribution in [0.1, 0.15) is 36.0 Å². The molecule has 0 N–H and O–H groups in total. The Kier molecular flexibility index (Phi) is 4.77. The highest BCUT2D eigenvalue weighted by Crippen LogP contribution is 2.56. The van der Waals surface area contributed by atoms with E-state index < -0.39 is 4.87 Å². The second-order valence-corrected chi connectivity index (χ2v) is 9.60. The number of carbonyl (C=O) groups is 2. The minimum Gasteiger partial charge on any atom is -0.497 e. The van der Waals surface area contributed by atoms with Crippen LogP contribution >= 0.6 is 11.8 Å². The summed E-state index contributed by atoms with van der Waals surface area (Å²) in [6, 6.07) is 14.0. The first-order chi connectivity index (χ1) is 14.6. The molecule has 1 saturated carbocycles. The SMILES string of the molecule is COc1ccc2c(c1)C1(SCCN1C(=O)C1CCC1)C(=O)N2Cc1ccccc1C. The van der Waals surface area contributed by atoms with E-state index in [9.17, 15) is 9.59 Å². The number of methoxy groups -OCH3 is 1. The minimum atomic E-state index is -0.973. The normalized spacial score (nSPS) is 23.1. The average molecular weight is 423 g/mol. The summed E-state index contributed by atoms with van der Waals surface area (Å²) in [6.45, 7) is 3.18. The van der Waals surface area contributed by atoms with E-state index >= 15 is 0 Å². The van der Waals surface area contributed by atoms with Crippen LogP contribution in [0.15, 0.2) is 42.5 Å². The Morgan fingerprint density at radius 2 is 2.03 bits per heavy atom. The van der Waals surface area contributed by atoms with Crippen molar-refractivity contribution in [3.63, 3.8) is 0 Å². The van der Waals surface area contributed by atoms with Crippen molar-refractivity contribution in [1.29, 1.82) is 0 Å². The van der Waals surface area contributed by atoms with Gasteiger partial charge in [0.15, 0.2) is 4.87 Å². The average Bonchev–Trinajstić information content (AvgIpc) is 3.25. The lowest BCUT2D eigenvalue weighted by molar-refractivity contribution is -0.145. The highest BCUT2D eigenvalue weighted by Gasteiger charge is 2.60. The van der Waals surface area contributed by atoms with Crippen LogP contribution in [-0.4, -0.2) is 36.1 Å². The molecule has 1 atom stereocenters. The van der Waals surface area contributed by atoms with Gasteiger partial charge in [0.2, 0.25) is 5.91 Å². The molecule has 30 heavy (non-hydrogen) atoms. The summed E-state index contributed by atoms with van der Waals surface area (Å²) >= 11 is 1.59. The molecule has 156 valence electrons. The molecular weight excluding hydrogens is 396 g/mol. The van der Waals surface area contributed by atoms with E-state index in [1.807, 2.05) is 40.1 Å². The number of hydrogen-bond acceptors (Lipinski definition) is 4. The number of rotatable bonds is 4. The van der Waals surface area contributed by atoms with Gasteiger partial charge in [-0.15, -0.1) is 11.8 Å². The second-order valence-electron chi connectivity index (χ2n) is 8.31. The first kappa shape index (κ1) is 19.5. The van der Waals surface area contributed by atoms with Gasteiger partial charge in [-0.25, -0.2) is 0 Å².